The molecule has 1 aliphatic rings. The van der Waals surface area contributed by atoms with Crippen LogP contribution < -0.4 is 5.32 Å². The zero-order valence-corrected chi connectivity index (χ0v) is 14.9. The normalized spacial score (nSPS) is 16.8. The Kier molecular flexibility index (Phi) is 9.12. The van der Waals surface area contributed by atoms with Crippen LogP contribution in [0.15, 0.2) is 12.2 Å². The summed E-state index contributed by atoms with van der Waals surface area (Å²) >= 11 is 0. The topological polar surface area (TPSA) is 81.7 Å². The number of carbonyl (C=O) groups is 3. The van der Waals surface area contributed by atoms with Gasteiger partial charge >= 0.3 is 11.9 Å². The molecule has 0 aliphatic heterocycles. The van der Waals surface area contributed by atoms with E-state index in [0.717, 1.165) is 37.8 Å². The third-order valence-corrected chi connectivity index (χ3v) is 4.16. The van der Waals surface area contributed by atoms with Crippen molar-refractivity contribution in [3.63, 3.8) is 0 Å². The second-order valence-electron chi connectivity index (χ2n) is 6.41. The standard InChI is InChI=1S/C18H29NO5/c1-4-23-16(20)10-11-17(21)24-12-15(13(2)3)19-18(22)14-8-6-5-7-9-14/h10-11,13-15H,4-9,12H2,1-3H3,(H,19,22)/b11-10+/t15-/m0/s1. The molecule has 0 unspecified atom stereocenters. The molecule has 1 saturated carbocycles. The number of esters is 2. The maximum absolute atomic E-state index is 12.3. The predicted molar refractivity (Wildman–Crippen MR) is 90.1 cm³/mol. The molecule has 1 atom stereocenters. The highest BCUT2D eigenvalue weighted by atomic mass is 16.5. The molecule has 24 heavy (non-hydrogen) atoms. The zero-order chi connectivity index (χ0) is 17.9. The minimum atomic E-state index is -0.624. The highest BCUT2D eigenvalue weighted by Gasteiger charge is 2.25. The highest BCUT2D eigenvalue weighted by molar-refractivity contribution is 5.91. The third kappa shape index (κ3) is 7.62. The van der Waals surface area contributed by atoms with Gasteiger partial charge in [0.25, 0.3) is 0 Å². The van der Waals surface area contributed by atoms with Crippen LogP contribution in [0, 0.1) is 11.8 Å². The number of hydrogen-bond donors (Lipinski definition) is 1. The van der Waals surface area contributed by atoms with E-state index in [0.29, 0.717) is 0 Å². The lowest BCUT2D eigenvalue weighted by Crippen LogP contribution is -2.45. The fourth-order valence-corrected chi connectivity index (χ4v) is 2.61. The lowest BCUT2D eigenvalue weighted by Gasteiger charge is -2.26. The molecule has 0 aromatic heterocycles. The molecule has 1 amide bonds. The summed E-state index contributed by atoms with van der Waals surface area (Å²) in [5.74, 6) is -0.952. The van der Waals surface area contributed by atoms with E-state index in [1.807, 2.05) is 13.8 Å². The molecule has 1 N–H and O–H groups in total. The minimum Gasteiger partial charge on any atom is -0.463 e. The van der Waals surface area contributed by atoms with Crippen LogP contribution in [0.4, 0.5) is 0 Å². The van der Waals surface area contributed by atoms with Crippen molar-refractivity contribution >= 4 is 17.8 Å². The molecule has 0 heterocycles. The molecule has 6 nitrogen and oxygen atoms in total. The molecule has 0 bridgehead atoms. The van der Waals surface area contributed by atoms with Gasteiger partial charge in [0.15, 0.2) is 0 Å². The molecule has 0 saturated heterocycles. The van der Waals surface area contributed by atoms with Gasteiger partial charge in [-0.1, -0.05) is 33.1 Å². The molecular weight excluding hydrogens is 310 g/mol. The second kappa shape index (κ2) is 10.8. The molecule has 136 valence electrons. The van der Waals surface area contributed by atoms with Crippen LogP contribution in [0.3, 0.4) is 0 Å². The van der Waals surface area contributed by atoms with Gasteiger partial charge < -0.3 is 14.8 Å². The summed E-state index contributed by atoms with van der Waals surface area (Å²) in [6.45, 7) is 5.96. The Balaban J connectivity index is 2.43. The quantitative estimate of drug-likeness (QED) is 0.542. The summed E-state index contributed by atoms with van der Waals surface area (Å²) in [4.78, 5) is 35.1. The van der Waals surface area contributed by atoms with Crippen molar-refractivity contribution < 1.29 is 23.9 Å². The van der Waals surface area contributed by atoms with Crippen LogP contribution in [-0.4, -0.2) is 37.1 Å². The fraction of sp³-hybridized carbons (Fsp3) is 0.722. The van der Waals surface area contributed by atoms with Gasteiger partial charge in [-0.2, -0.15) is 0 Å². The van der Waals surface area contributed by atoms with E-state index in [-0.39, 0.29) is 37.0 Å². The van der Waals surface area contributed by atoms with Crippen LogP contribution in [0.2, 0.25) is 0 Å². The van der Waals surface area contributed by atoms with Crippen molar-refractivity contribution in [3.05, 3.63) is 12.2 Å². The maximum atomic E-state index is 12.3. The Morgan fingerprint density at radius 2 is 1.62 bits per heavy atom. The Labute approximate surface area is 144 Å². The Morgan fingerprint density at radius 3 is 2.17 bits per heavy atom. The molecule has 6 heteroatoms. The van der Waals surface area contributed by atoms with Crippen LogP contribution >= 0.6 is 0 Å². The largest absolute Gasteiger partial charge is 0.463 e. The molecule has 1 fully saturated rings. The van der Waals surface area contributed by atoms with Gasteiger partial charge in [0, 0.05) is 18.1 Å². The summed E-state index contributed by atoms with van der Waals surface area (Å²) < 4.78 is 9.82. The Morgan fingerprint density at radius 1 is 1.04 bits per heavy atom. The average Bonchev–Trinajstić information content (AvgIpc) is 2.57. The van der Waals surface area contributed by atoms with Crippen molar-refractivity contribution in [3.8, 4) is 0 Å². The molecule has 0 spiro atoms. The first kappa shape index (κ1) is 20.2. The first-order valence-electron chi connectivity index (χ1n) is 8.76. The molecule has 0 radical (unpaired) electrons. The SMILES string of the molecule is CCOC(=O)/C=C/C(=O)OC[C@H](NC(=O)C1CCCCC1)C(C)C. The summed E-state index contributed by atoms with van der Waals surface area (Å²) in [6.07, 6.45) is 7.32. The van der Waals surface area contributed by atoms with Crippen LogP contribution in [-0.2, 0) is 23.9 Å². The van der Waals surface area contributed by atoms with E-state index in [2.05, 4.69) is 10.1 Å². The average molecular weight is 339 g/mol. The summed E-state index contributed by atoms with van der Waals surface area (Å²) in [5, 5.41) is 2.99. The van der Waals surface area contributed by atoms with Crippen LogP contribution in [0.5, 0.6) is 0 Å². The van der Waals surface area contributed by atoms with Crippen molar-refractivity contribution in [1.29, 1.82) is 0 Å². The van der Waals surface area contributed by atoms with Crippen molar-refractivity contribution in [2.45, 2.75) is 58.9 Å². The van der Waals surface area contributed by atoms with E-state index in [1.165, 1.54) is 6.42 Å². The van der Waals surface area contributed by atoms with Gasteiger partial charge in [0.2, 0.25) is 5.91 Å². The van der Waals surface area contributed by atoms with Crippen LogP contribution in [0.1, 0.15) is 52.9 Å². The van der Waals surface area contributed by atoms with Gasteiger partial charge in [-0.25, -0.2) is 9.59 Å². The minimum absolute atomic E-state index is 0.0477. The predicted octanol–water partition coefficient (Wildman–Crippen LogP) is 2.37. The molecule has 0 aromatic rings. The molecule has 1 aliphatic carbocycles. The van der Waals surface area contributed by atoms with E-state index in [1.54, 1.807) is 6.92 Å². The van der Waals surface area contributed by atoms with Crippen molar-refractivity contribution in [1.82, 2.24) is 5.32 Å². The van der Waals surface area contributed by atoms with E-state index < -0.39 is 11.9 Å². The molecule has 1 rings (SSSR count). The van der Waals surface area contributed by atoms with Crippen molar-refractivity contribution in [2.24, 2.45) is 11.8 Å². The lowest BCUT2D eigenvalue weighted by atomic mass is 9.88. The fourth-order valence-electron chi connectivity index (χ4n) is 2.61. The number of amides is 1. The van der Waals surface area contributed by atoms with E-state index in [4.69, 9.17) is 4.74 Å². The summed E-state index contributed by atoms with van der Waals surface area (Å²) in [6, 6.07) is -0.237. The lowest BCUT2D eigenvalue weighted by molar-refractivity contribution is -0.141. The van der Waals surface area contributed by atoms with Crippen molar-refractivity contribution in [2.75, 3.05) is 13.2 Å². The number of nitrogens with one attached hydrogen (secondary N) is 1. The first-order chi connectivity index (χ1) is 11.4. The number of ether oxygens (including phenoxy) is 2. The van der Waals surface area contributed by atoms with Gasteiger partial charge in [-0.15, -0.1) is 0 Å². The highest BCUT2D eigenvalue weighted by Crippen LogP contribution is 2.24. The van der Waals surface area contributed by atoms with Gasteiger partial charge in [-0.3, -0.25) is 4.79 Å². The monoisotopic (exact) mass is 339 g/mol. The molecular formula is C18H29NO5. The van der Waals surface area contributed by atoms with Gasteiger partial charge in [-0.05, 0) is 25.7 Å². The van der Waals surface area contributed by atoms with Gasteiger partial charge in [0.1, 0.15) is 6.61 Å². The summed E-state index contributed by atoms with van der Waals surface area (Å²) in [5.41, 5.74) is 0. The van der Waals surface area contributed by atoms with E-state index in [9.17, 15) is 14.4 Å². The number of hydrogen-bond acceptors (Lipinski definition) is 5. The maximum Gasteiger partial charge on any atom is 0.331 e. The third-order valence-electron chi connectivity index (χ3n) is 4.16. The Bertz CT molecular complexity index is 452. The number of carbonyl (C=O) groups excluding carboxylic acids is 3. The summed E-state index contributed by atoms with van der Waals surface area (Å²) in [7, 11) is 0. The zero-order valence-electron chi connectivity index (χ0n) is 14.9. The van der Waals surface area contributed by atoms with E-state index >= 15 is 0 Å². The number of rotatable bonds is 8. The Hall–Kier alpha value is -1.85. The second-order valence-corrected chi connectivity index (χ2v) is 6.41. The smallest absolute Gasteiger partial charge is 0.331 e. The van der Waals surface area contributed by atoms with Gasteiger partial charge in [0.05, 0.1) is 12.6 Å². The first-order valence-corrected chi connectivity index (χ1v) is 8.76. The van der Waals surface area contributed by atoms with Crippen LogP contribution in [0.25, 0.3) is 0 Å². The molecule has 0 aromatic carbocycles.